The van der Waals surface area contributed by atoms with Gasteiger partial charge in [-0.1, -0.05) is 18.2 Å². The van der Waals surface area contributed by atoms with E-state index in [1.807, 2.05) is 36.7 Å². The zero-order valence-electron chi connectivity index (χ0n) is 13.3. The van der Waals surface area contributed by atoms with Gasteiger partial charge >= 0.3 is 0 Å². The van der Waals surface area contributed by atoms with E-state index in [1.54, 1.807) is 0 Å². The van der Waals surface area contributed by atoms with Crippen LogP contribution in [0.5, 0.6) is 0 Å². The molecule has 1 aliphatic rings. The van der Waals surface area contributed by atoms with E-state index in [9.17, 15) is 0 Å². The summed E-state index contributed by atoms with van der Waals surface area (Å²) in [5.41, 5.74) is 3.21. The largest absolute Gasteiger partial charge is 0.310 e. The highest BCUT2D eigenvalue weighted by Crippen LogP contribution is 2.15. The maximum absolute atomic E-state index is 8.98. The number of benzene rings is 1. The van der Waals surface area contributed by atoms with E-state index in [2.05, 4.69) is 33.4 Å². The van der Waals surface area contributed by atoms with Gasteiger partial charge in [-0.3, -0.25) is 9.88 Å². The number of aromatic nitrogens is 1. The average molecular weight is 306 g/mol. The van der Waals surface area contributed by atoms with Gasteiger partial charge in [0.15, 0.2) is 0 Å². The van der Waals surface area contributed by atoms with E-state index >= 15 is 0 Å². The van der Waals surface area contributed by atoms with Crippen LogP contribution in [0.1, 0.15) is 29.5 Å². The summed E-state index contributed by atoms with van der Waals surface area (Å²) in [4.78, 5) is 6.62. The van der Waals surface area contributed by atoms with E-state index in [0.29, 0.717) is 6.04 Å². The fourth-order valence-corrected chi connectivity index (χ4v) is 3.06. The molecule has 1 fully saturated rings. The third-order valence-corrected chi connectivity index (χ3v) is 4.37. The van der Waals surface area contributed by atoms with Crippen molar-refractivity contribution in [2.24, 2.45) is 0 Å². The summed E-state index contributed by atoms with van der Waals surface area (Å²) >= 11 is 0. The van der Waals surface area contributed by atoms with Crippen molar-refractivity contribution in [2.45, 2.75) is 32.0 Å². The maximum Gasteiger partial charge on any atom is 0.0991 e. The molecule has 3 rings (SSSR count). The van der Waals surface area contributed by atoms with Crippen LogP contribution < -0.4 is 5.32 Å². The molecule has 1 N–H and O–H groups in total. The second kappa shape index (κ2) is 7.87. The van der Waals surface area contributed by atoms with Gasteiger partial charge in [0.05, 0.1) is 11.6 Å². The fraction of sp³-hybridized carbons (Fsp3) is 0.368. The number of rotatable bonds is 5. The van der Waals surface area contributed by atoms with Gasteiger partial charge in [-0.25, -0.2) is 0 Å². The standard InChI is InChI=1S/C19H22N4/c20-12-16-3-1-4-17(11-16)15-23-9-6-19(7-10-23)22-14-18-5-2-8-21-13-18/h1-5,8,11,13,19,22H,6-7,9-10,14-15H2. The molecule has 4 nitrogen and oxygen atoms in total. The van der Waals surface area contributed by atoms with Gasteiger partial charge in [-0.05, 0) is 55.3 Å². The molecule has 0 spiro atoms. The smallest absolute Gasteiger partial charge is 0.0991 e. The minimum Gasteiger partial charge on any atom is -0.310 e. The number of piperidine rings is 1. The lowest BCUT2D eigenvalue weighted by Gasteiger charge is -2.32. The van der Waals surface area contributed by atoms with Gasteiger partial charge in [0.2, 0.25) is 0 Å². The van der Waals surface area contributed by atoms with Crippen molar-refractivity contribution < 1.29 is 0 Å². The first-order chi connectivity index (χ1) is 11.3. The number of hydrogen-bond acceptors (Lipinski definition) is 4. The van der Waals surface area contributed by atoms with Gasteiger partial charge in [-0.2, -0.15) is 5.26 Å². The van der Waals surface area contributed by atoms with Crippen LogP contribution in [0.3, 0.4) is 0 Å². The molecule has 4 heteroatoms. The molecule has 0 atom stereocenters. The quantitative estimate of drug-likeness (QED) is 0.923. The third-order valence-electron chi connectivity index (χ3n) is 4.37. The van der Waals surface area contributed by atoms with Crippen LogP contribution in [0.15, 0.2) is 48.8 Å². The first-order valence-corrected chi connectivity index (χ1v) is 8.17. The van der Waals surface area contributed by atoms with Crippen LogP contribution in [0.2, 0.25) is 0 Å². The van der Waals surface area contributed by atoms with Gasteiger partial charge in [-0.15, -0.1) is 0 Å². The molecule has 0 saturated carbocycles. The number of hydrogen-bond donors (Lipinski definition) is 1. The summed E-state index contributed by atoms with van der Waals surface area (Å²) in [5.74, 6) is 0. The first kappa shape index (κ1) is 15.7. The van der Waals surface area contributed by atoms with E-state index in [4.69, 9.17) is 5.26 Å². The van der Waals surface area contributed by atoms with Crippen LogP contribution in [0, 0.1) is 11.3 Å². The van der Waals surface area contributed by atoms with Crippen LogP contribution >= 0.6 is 0 Å². The lowest BCUT2D eigenvalue weighted by Crippen LogP contribution is -2.41. The predicted octanol–water partition coefficient (Wildman–Crippen LogP) is 2.71. The fourth-order valence-electron chi connectivity index (χ4n) is 3.06. The van der Waals surface area contributed by atoms with Crippen molar-refractivity contribution in [3.05, 3.63) is 65.5 Å². The zero-order chi connectivity index (χ0) is 15.9. The predicted molar refractivity (Wildman–Crippen MR) is 90.5 cm³/mol. The second-order valence-corrected chi connectivity index (χ2v) is 6.10. The highest BCUT2D eigenvalue weighted by Gasteiger charge is 2.18. The maximum atomic E-state index is 8.98. The molecule has 1 saturated heterocycles. The van der Waals surface area contributed by atoms with Crippen molar-refractivity contribution >= 4 is 0 Å². The Morgan fingerprint density at radius 1 is 1.17 bits per heavy atom. The molecule has 1 aliphatic heterocycles. The zero-order valence-corrected chi connectivity index (χ0v) is 13.3. The molecular formula is C19H22N4. The number of nitrogens with zero attached hydrogens (tertiary/aromatic N) is 3. The highest BCUT2D eigenvalue weighted by atomic mass is 15.1. The Kier molecular flexibility index (Phi) is 5.36. The lowest BCUT2D eigenvalue weighted by molar-refractivity contribution is 0.190. The normalized spacial score (nSPS) is 16.1. The lowest BCUT2D eigenvalue weighted by atomic mass is 10.0. The van der Waals surface area contributed by atoms with Crippen molar-refractivity contribution in [1.29, 1.82) is 5.26 Å². The molecular weight excluding hydrogens is 284 g/mol. The average Bonchev–Trinajstić information content (AvgIpc) is 2.62. The Hall–Kier alpha value is -2.22. The topological polar surface area (TPSA) is 52.0 Å². The third kappa shape index (κ3) is 4.62. The summed E-state index contributed by atoms with van der Waals surface area (Å²) in [7, 11) is 0. The van der Waals surface area contributed by atoms with Crippen molar-refractivity contribution in [3.8, 4) is 6.07 Å². The summed E-state index contributed by atoms with van der Waals surface area (Å²) in [5, 5.41) is 12.6. The molecule has 2 heterocycles. The van der Waals surface area contributed by atoms with Gasteiger partial charge in [0, 0.05) is 31.5 Å². The van der Waals surface area contributed by atoms with Gasteiger partial charge in [0.1, 0.15) is 0 Å². The van der Waals surface area contributed by atoms with Gasteiger partial charge < -0.3 is 5.32 Å². The number of likely N-dealkylation sites (tertiary alicyclic amines) is 1. The molecule has 0 aliphatic carbocycles. The minimum absolute atomic E-state index is 0.580. The molecule has 0 radical (unpaired) electrons. The molecule has 1 aromatic carbocycles. The summed E-state index contributed by atoms with van der Waals surface area (Å²) in [6.45, 7) is 4.02. The first-order valence-electron chi connectivity index (χ1n) is 8.17. The van der Waals surface area contributed by atoms with Crippen LogP contribution in [-0.4, -0.2) is 29.0 Å². The molecule has 0 unspecified atom stereocenters. The van der Waals surface area contributed by atoms with E-state index in [-0.39, 0.29) is 0 Å². The second-order valence-electron chi connectivity index (χ2n) is 6.10. The summed E-state index contributed by atoms with van der Waals surface area (Å²) in [6, 6.07) is 14.8. The SMILES string of the molecule is N#Cc1cccc(CN2CCC(NCc3cccnc3)CC2)c1. The van der Waals surface area contributed by atoms with Crippen LogP contribution in [0.25, 0.3) is 0 Å². The Morgan fingerprint density at radius 2 is 2.00 bits per heavy atom. The molecule has 0 amide bonds. The van der Waals surface area contributed by atoms with Crippen molar-refractivity contribution in [2.75, 3.05) is 13.1 Å². The van der Waals surface area contributed by atoms with E-state index < -0.39 is 0 Å². The number of nitrogens with one attached hydrogen (secondary N) is 1. The Balaban J connectivity index is 1.44. The number of nitriles is 1. The van der Waals surface area contributed by atoms with E-state index in [1.165, 1.54) is 11.1 Å². The van der Waals surface area contributed by atoms with Crippen molar-refractivity contribution in [3.63, 3.8) is 0 Å². The van der Waals surface area contributed by atoms with Crippen LogP contribution in [0.4, 0.5) is 0 Å². The molecule has 1 aromatic heterocycles. The van der Waals surface area contributed by atoms with E-state index in [0.717, 1.165) is 44.6 Å². The Labute approximate surface area is 137 Å². The summed E-state index contributed by atoms with van der Waals surface area (Å²) < 4.78 is 0. The molecule has 118 valence electrons. The molecule has 23 heavy (non-hydrogen) atoms. The minimum atomic E-state index is 0.580. The monoisotopic (exact) mass is 306 g/mol. The van der Waals surface area contributed by atoms with Crippen molar-refractivity contribution in [1.82, 2.24) is 15.2 Å². The molecule has 2 aromatic rings. The van der Waals surface area contributed by atoms with Gasteiger partial charge in [0.25, 0.3) is 0 Å². The Bertz CT molecular complexity index is 655. The summed E-state index contributed by atoms with van der Waals surface area (Å²) in [6.07, 6.45) is 6.06. The van der Waals surface area contributed by atoms with Crippen LogP contribution in [-0.2, 0) is 13.1 Å². The Morgan fingerprint density at radius 3 is 2.74 bits per heavy atom. The highest BCUT2D eigenvalue weighted by molar-refractivity contribution is 5.32. The number of pyridine rings is 1. The molecule has 0 bridgehead atoms.